The second kappa shape index (κ2) is 6.35. The number of pyridine rings is 1. The van der Waals surface area contributed by atoms with E-state index in [-0.39, 0.29) is 5.82 Å². The molecule has 0 saturated heterocycles. The highest BCUT2D eigenvalue weighted by atomic mass is 19.1. The lowest BCUT2D eigenvalue weighted by Crippen LogP contribution is -2.16. The average molecular weight is 284 g/mol. The van der Waals surface area contributed by atoms with E-state index in [0.29, 0.717) is 19.0 Å². The molecule has 3 rings (SSSR count). The first kappa shape index (κ1) is 14.2. The SMILES string of the molecule is CCc1ccc(Cc2ccc(CNC3CC3)c(F)c2)nc1. The van der Waals surface area contributed by atoms with Crippen molar-refractivity contribution in [2.45, 2.75) is 45.2 Å². The van der Waals surface area contributed by atoms with Gasteiger partial charge in [-0.05, 0) is 42.5 Å². The molecule has 1 N–H and O–H groups in total. The molecule has 110 valence electrons. The van der Waals surface area contributed by atoms with Gasteiger partial charge in [0.1, 0.15) is 5.82 Å². The van der Waals surface area contributed by atoms with Crippen LogP contribution in [0.15, 0.2) is 36.5 Å². The number of hydrogen-bond acceptors (Lipinski definition) is 2. The molecule has 1 fully saturated rings. The zero-order valence-electron chi connectivity index (χ0n) is 12.4. The molecular formula is C18H21FN2. The van der Waals surface area contributed by atoms with E-state index in [9.17, 15) is 4.39 Å². The number of aryl methyl sites for hydroxylation is 1. The summed E-state index contributed by atoms with van der Waals surface area (Å²) in [6.45, 7) is 2.74. The maximum atomic E-state index is 14.1. The molecule has 0 aliphatic heterocycles. The standard InChI is InChI=1S/C18H21FN2/c1-2-13-4-6-17(20-11-13)9-14-3-5-15(18(19)10-14)12-21-16-7-8-16/h3-6,10-11,16,21H,2,7-9,12H2,1H3. The van der Waals surface area contributed by atoms with E-state index in [2.05, 4.69) is 23.3 Å². The first-order chi connectivity index (χ1) is 10.2. The molecule has 1 aromatic carbocycles. The van der Waals surface area contributed by atoms with Crippen molar-refractivity contribution in [1.29, 1.82) is 0 Å². The van der Waals surface area contributed by atoms with Crippen LogP contribution >= 0.6 is 0 Å². The van der Waals surface area contributed by atoms with Crippen LogP contribution in [0.3, 0.4) is 0 Å². The molecular weight excluding hydrogens is 263 g/mol. The number of nitrogens with one attached hydrogen (secondary N) is 1. The van der Waals surface area contributed by atoms with Crippen LogP contribution in [0, 0.1) is 5.82 Å². The van der Waals surface area contributed by atoms with Crippen molar-refractivity contribution < 1.29 is 4.39 Å². The third-order valence-corrected chi connectivity index (χ3v) is 3.96. The normalized spacial score (nSPS) is 14.4. The summed E-state index contributed by atoms with van der Waals surface area (Å²) in [6.07, 6.45) is 6.01. The zero-order chi connectivity index (χ0) is 14.7. The van der Waals surface area contributed by atoms with Gasteiger partial charge in [-0.1, -0.05) is 25.1 Å². The van der Waals surface area contributed by atoms with E-state index in [1.165, 1.54) is 18.4 Å². The van der Waals surface area contributed by atoms with Crippen molar-refractivity contribution in [1.82, 2.24) is 10.3 Å². The van der Waals surface area contributed by atoms with Crippen molar-refractivity contribution in [3.8, 4) is 0 Å². The lowest BCUT2D eigenvalue weighted by Gasteiger charge is -2.07. The van der Waals surface area contributed by atoms with Crippen molar-refractivity contribution in [3.05, 3.63) is 64.7 Å². The predicted molar refractivity (Wildman–Crippen MR) is 82.7 cm³/mol. The Morgan fingerprint density at radius 2 is 2.00 bits per heavy atom. The lowest BCUT2D eigenvalue weighted by atomic mass is 10.1. The largest absolute Gasteiger partial charge is 0.310 e. The van der Waals surface area contributed by atoms with Gasteiger partial charge in [0.2, 0.25) is 0 Å². The number of nitrogens with zero attached hydrogens (tertiary/aromatic N) is 1. The highest BCUT2D eigenvalue weighted by Gasteiger charge is 2.20. The average Bonchev–Trinajstić information content (AvgIpc) is 3.31. The van der Waals surface area contributed by atoms with Crippen LogP contribution in [0.4, 0.5) is 4.39 Å². The molecule has 1 aromatic heterocycles. The number of rotatable bonds is 6. The van der Waals surface area contributed by atoms with Gasteiger partial charge in [-0.15, -0.1) is 0 Å². The molecule has 2 nitrogen and oxygen atoms in total. The number of benzene rings is 1. The highest BCUT2D eigenvalue weighted by Crippen LogP contribution is 2.20. The van der Waals surface area contributed by atoms with E-state index in [1.54, 1.807) is 6.07 Å². The van der Waals surface area contributed by atoms with Crippen molar-refractivity contribution in [2.24, 2.45) is 0 Å². The Bertz CT molecular complexity index is 603. The van der Waals surface area contributed by atoms with Crippen LogP contribution in [-0.2, 0) is 19.4 Å². The van der Waals surface area contributed by atoms with Gasteiger partial charge in [-0.3, -0.25) is 4.98 Å². The third-order valence-electron chi connectivity index (χ3n) is 3.96. The quantitative estimate of drug-likeness (QED) is 0.876. The van der Waals surface area contributed by atoms with Crippen LogP contribution in [0.25, 0.3) is 0 Å². The molecule has 1 aliphatic rings. The summed E-state index contributed by atoms with van der Waals surface area (Å²) in [5, 5.41) is 3.34. The Kier molecular flexibility index (Phi) is 4.30. The Labute approximate surface area is 125 Å². The van der Waals surface area contributed by atoms with Crippen LogP contribution in [0.2, 0.25) is 0 Å². The fourth-order valence-electron chi connectivity index (χ4n) is 2.36. The number of aromatic nitrogens is 1. The smallest absolute Gasteiger partial charge is 0.127 e. The molecule has 1 heterocycles. The van der Waals surface area contributed by atoms with Gasteiger partial charge < -0.3 is 5.32 Å². The molecule has 2 aromatic rings. The highest BCUT2D eigenvalue weighted by molar-refractivity contribution is 5.28. The maximum absolute atomic E-state index is 14.1. The van der Waals surface area contributed by atoms with Crippen molar-refractivity contribution in [3.63, 3.8) is 0 Å². The second-order valence-electron chi connectivity index (χ2n) is 5.77. The van der Waals surface area contributed by atoms with E-state index in [1.807, 2.05) is 24.4 Å². The summed E-state index contributed by atoms with van der Waals surface area (Å²) in [6, 6.07) is 10.2. The van der Waals surface area contributed by atoms with Gasteiger partial charge in [-0.2, -0.15) is 0 Å². The first-order valence-electron chi connectivity index (χ1n) is 7.69. The van der Waals surface area contributed by atoms with Gasteiger partial charge in [-0.25, -0.2) is 4.39 Å². The molecule has 0 bridgehead atoms. The summed E-state index contributed by atoms with van der Waals surface area (Å²) in [5.74, 6) is -0.120. The van der Waals surface area contributed by atoms with Gasteiger partial charge in [0.15, 0.2) is 0 Å². The van der Waals surface area contributed by atoms with Crippen LogP contribution in [0.1, 0.15) is 42.1 Å². The minimum absolute atomic E-state index is 0.120. The Morgan fingerprint density at radius 1 is 1.19 bits per heavy atom. The van der Waals surface area contributed by atoms with E-state index in [0.717, 1.165) is 23.2 Å². The molecule has 0 atom stereocenters. The monoisotopic (exact) mass is 284 g/mol. The molecule has 1 saturated carbocycles. The molecule has 21 heavy (non-hydrogen) atoms. The fourth-order valence-corrected chi connectivity index (χ4v) is 2.36. The minimum atomic E-state index is -0.120. The van der Waals surface area contributed by atoms with Gasteiger partial charge in [0.25, 0.3) is 0 Å². The minimum Gasteiger partial charge on any atom is -0.310 e. The summed E-state index contributed by atoms with van der Waals surface area (Å²) in [7, 11) is 0. The molecule has 0 spiro atoms. The molecule has 0 radical (unpaired) electrons. The second-order valence-corrected chi connectivity index (χ2v) is 5.77. The van der Waals surface area contributed by atoms with Gasteiger partial charge >= 0.3 is 0 Å². The first-order valence-corrected chi connectivity index (χ1v) is 7.69. The Morgan fingerprint density at radius 3 is 2.62 bits per heavy atom. The van der Waals surface area contributed by atoms with Crippen molar-refractivity contribution in [2.75, 3.05) is 0 Å². The number of hydrogen-bond donors (Lipinski definition) is 1. The Balaban J connectivity index is 1.65. The van der Waals surface area contributed by atoms with E-state index >= 15 is 0 Å². The van der Waals surface area contributed by atoms with E-state index in [4.69, 9.17) is 0 Å². The zero-order valence-corrected chi connectivity index (χ0v) is 12.4. The summed E-state index contributed by atoms with van der Waals surface area (Å²) >= 11 is 0. The van der Waals surface area contributed by atoms with Gasteiger partial charge in [0.05, 0.1) is 0 Å². The molecule has 0 amide bonds. The molecule has 1 aliphatic carbocycles. The van der Waals surface area contributed by atoms with Gasteiger partial charge in [0, 0.05) is 36.5 Å². The Hall–Kier alpha value is -1.74. The lowest BCUT2D eigenvalue weighted by molar-refractivity contribution is 0.585. The number of halogens is 1. The molecule has 3 heteroatoms. The summed E-state index contributed by atoms with van der Waals surface area (Å²) < 4.78 is 14.1. The maximum Gasteiger partial charge on any atom is 0.127 e. The predicted octanol–water partition coefficient (Wildman–Crippen LogP) is 3.63. The van der Waals surface area contributed by atoms with Crippen LogP contribution < -0.4 is 5.32 Å². The fraction of sp³-hybridized carbons (Fsp3) is 0.389. The summed E-state index contributed by atoms with van der Waals surface area (Å²) in [4.78, 5) is 4.43. The topological polar surface area (TPSA) is 24.9 Å². The van der Waals surface area contributed by atoms with Crippen LogP contribution in [0.5, 0.6) is 0 Å². The third kappa shape index (κ3) is 3.88. The summed E-state index contributed by atoms with van der Waals surface area (Å²) in [5.41, 5.74) is 3.93. The van der Waals surface area contributed by atoms with Crippen LogP contribution in [-0.4, -0.2) is 11.0 Å². The van der Waals surface area contributed by atoms with Crippen molar-refractivity contribution >= 4 is 0 Å². The molecule has 0 unspecified atom stereocenters. The van der Waals surface area contributed by atoms with E-state index < -0.39 is 0 Å².